The molecule has 186 valence electrons. The average molecular weight is 515 g/mol. The minimum atomic E-state index is -1.03. The number of carboxylic acids is 1. The lowest BCUT2D eigenvalue weighted by Crippen LogP contribution is -2.40. The Morgan fingerprint density at radius 2 is 1.92 bits per heavy atom. The maximum Gasteiger partial charge on any atom is 0.338 e. The highest BCUT2D eigenvalue weighted by molar-refractivity contribution is 7.07. The van der Waals surface area contributed by atoms with Gasteiger partial charge in [-0.05, 0) is 36.2 Å². The van der Waals surface area contributed by atoms with E-state index in [1.54, 1.807) is 30.3 Å². The van der Waals surface area contributed by atoms with Gasteiger partial charge in [0.05, 0.1) is 34.5 Å². The van der Waals surface area contributed by atoms with Gasteiger partial charge in [0.15, 0.2) is 4.80 Å². The van der Waals surface area contributed by atoms with Crippen molar-refractivity contribution in [1.82, 2.24) is 4.57 Å². The van der Waals surface area contributed by atoms with E-state index in [9.17, 15) is 19.5 Å². The molecule has 37 heavy (non-hydrogen) atoms. The van der Waals surface area contributed by atoms with Crippen LogP contribution in [0.5, 0.6) is 0 Å². The van der Waals surface area contributed by atoms with Crippen LogP contribution >= 0.6 is 11.3 Å². The fourth-order valence-corrected chi connectivity index (χ4v) is 5.34. The minimum absolute atomic E-state index is 0.151. The molecule has 0 saturated heterocycles. The number of furan rings is 1. The third-order valence-corrected chi connectivity index (χ3v) is 7.04. The summed E-state index contributed by atoms with van der Waals surface area (Å²) in [5.74, 6) is -0.644. The minimum Gasteiger partial charge on any atom is -0.478 e. The van der Waals surface area contributed by atoms with Gasteiger partial charge in [-0.2, -0.15) is 0 Å². The number of hydrogen-bond acceptors (Lipinski definition) is 7. The van der Waals surface area contributed by atoms with Gasteiger partial charge in [-0.3, -0.25) is 9.36 Å². The van der Waals surface area contributed by atoms with Crippen LogP contribution < -0.4 is 14.9 Å². The third kappa shape index (κ3) is 4.45. The van der Waals surface area contributed by atoms with Crippen LogP contribution in [0.1, 0.15) is 41.1 Å². The van der Waals surface area contributed by atoms with Gasteiger partial charge in [-0.15, -0.1) is 0 Å². The number of methoxy groups -OCH3 is 1. The zero-order valence-electron chi connectivity index (χ0n) is 20.0. The number of carboxylic acid groups (broad SMARTS) is 1. The first kappa shape index (κ1) is 24.2. The van der Waals surface area contributed by atoms with E-state index in [0.717, 1.165) is 5.56 Å². The molecule has 0 amide bonds. The van der Waals surface area contributed by atoms with E-state index in [1.165, 1.54) is 35.1 Å². The monoisotopic (exact) mass is 514 g/mol. The van der Waals surface area contributed by atoms with Crippen LogP contribution in [0.2, 0.25) is 0 Å². The first-order valence-corrected chi connectivity index (χ1v) is 12.3. The van der Waals surface area contributed by atoms with Gasteiger partial charge in [0.25, 0.3) is 5.56 Å². The highest BCUT2D eigenvalue weighted by Crippen LogP contribution is 2.31. The molecule has 0 radical (unpaired) electrons. The van der Waals surface area contributed by atoms with Crippen molar-refractivity contribution in [3.05, 3.63) is 115 Å². The molecule has 0 bridgehead atoms. The molecular formula is C28H22N2O6S. The highest BCUT2D eigenvalue weighted by atomic mass is 32.1. The average Bonchev–Trinajstić information content (AvgIpc) is 3.52. The lowest BCUT2D eigenvalue weighted by molar-refractivity contribution is -0.136. The number of benzene rings is 2. The number of esters is 1. The van der Waals surface area contributed by atoms with Crippen LogP contribution in [0.3, 0.4) is 0 Å². The second kappa shape index (κ2) is 9.87. The molecule has 9 heteroatoms. The summed E-state index contributed by atoms with van der Waals surface area (Å²) in [6.07, 6.45) is 2.12. The number of nitrogens with zero attached hydrogens (tertiary/aromatic N) is 2. The number of ether oxygens (including phenoxy) is 1. The summed E-state index contributed by atoms with van der Waals surface area (Å²) < 4.78 is 12.9. The van der Waals surface area contributed by atoms with Crippen molar-refractivity contribution in [1.29, 1.82) is 0 Å². The number of fused-ring (bicyclic) bond motifs is 1. The van der Waals surface area contributed by atoms with Crippen LogP contribution in [-0.2, 0) is 9.53 Å². The molecule has 8 nitrogen and oxygen atoms in total. The Morgan fingerprint density at radius 1 is 1.14 bits per heavy atom. The van der Waals surface area contributed by atoms with Crippen LogP contribution in [0.4, 0.5) is 0 Å². The molecular weight excluding hydrogens is 492 g/mol. The predicted molar refractivity (Wildman–Crippen MR) is 138 cm³/mol. The van der Waals surface area contributed by atoms with E-state index in [0.29, 0.717) is 44.1 Å². The van der Waals surface area contributed by atoms with Crippen molar-refractivity contribution in [2.45, 2.75) is 19.4 Å². The zero-order valence-corrected chi connectivity index (χ0v) is 20.8. The van der Waals surface area contributed by atoms with Crippen molar-refractivity contribution in [2.24, 2.45) is 4.99 Å². The number of hydrogen-bond donors (Lipinski definition) is 1. The lowest BCUT2D eigenvalue weighted by atomic mass is 9.95. The van der Waals surface area contributed by atoms with E-state index in [1.807, 2.05) is 37.3 Å². The van der Waals surface area contributed by atoms with Gasteiger partial charge in [0.2, 0.25) is 0 Å². The smallest absolute Gasteiger partial charge is 0.338 e. The third-order valence-electron chi connectivity index (χ3n) is 6.06. The number of thiazole rings is 1. The summed E-state index contributed by atoms with van der Waals surface area (Å²) in [5, 5.41) is 9.26. The molecule has 2 aromatic heterocycles. The first-order valence-electron chi connectivity index (χ1n) is 11.5. The molecule has 0 unspecified atom stereocenters. The Balaban J connectivity index is 1.64. The predicted octanol–water partition coefficient (Wildman–Crippen LogP) is 3.76. The molecule has 1 aliphatic rings. The summed E-state index contributed by atoms with van der Waals surface area (Å²) in [4.78, 5) is 42.9. The van der Waals surface area contributed by atoms with E-state index in [4.69, 9.17) is 9.15 Å². The van der Waals surface area contributed by atoms with E-state index < -0.39 is 18.0 Å². The summed E-state index contributed by atoms with van der Waals surface area (Å²) in [6.45, 7) is 1.90. The number of aromatic nitrogens is 1. The standard InChI is InChI=1S/C28H22N2O6S/c1-3-20-23(27(34)35-2)24(16-8-5-4-6-9-16)30-25(31)22(37-28(30)29-20)15-19-12-13-21(36-19)17-10-7-11-18(14-17)26(32)33/h4-15,24H,3H2,1-2H3,(H,32,33)/b22-15+/t24-/m1/s1. The van der Waals surface area contributed by atoms with Crippen LogP contribution in [0.15, 0.2) is 92.2 Å². The van der Waals surface area contributed by atoms with Crippen LogP contribution in [0, 0.1) is 0 Å². The van der Waals surface area contributed by atoms with Gasteiger partial charge in [-0.25, -0.2) is 14.6 Å². The fraction of sp³-hybridized carbons (Fsp3) is 0.143. The van der Waals surface area contributed by atoms with Crippen molar-refractivity contribution in [3.8, 4) is 11.3 Å². The van der Waals surface area contributed by atoms with E-state index >= 15 is 0 Å². The molecule has 1 N–H and O–H groups in total. The van der Waals surface area contributed by atoms with Gasteiger partial charge < -0.3 is 14.3 Å². The number of rotatable bonds is 6. The summed E-state index contributed by atoms with van der Waals surface area (Å²) in [6, 6.07) is 18.5. The quantitative estimate of drug-likeness (QED) is 0.392. The Labute approximate surface area is 215 Å². The van der Waals surface area contributed by atoms with Gasteiger partial charge >= 0.3 is 11.9 Å². The Morgan fingerprint density at radius 3 is 2.62 bits per heavy atom. The van der Waals surface area contributed by atoms with Crippen molar-refractivity contribution >= 4 is 29.4 Å². The topological polar surface area (TPSA) is 111 Å². The molecule has 0 saturated carbocycles. The normalized spacial score (nSPS) is 15.3. The fourth-order valence-electron chi connectivity index (χ4n) is 4.34. The molecule has 5 rings (SSSR count). The highest BCUT2D eigenvalue weighted by Gasteiger charge is 2.33. The molecule has 1 aliphatic heterocycles. The lowest BCUT2D eigenvalue weighted by Gasteiger charge is -2.25. The largest absolute Gasteiger partial charge is 0.478 e. The van der Waals surface area contributed by atoms with Gasteiger partial charge in [0.1, 0.15) is 11.5 Å². The molecule has 3 heterocycles. The molecule has 0 fully saturated rings. The summed E-state index contributed by atoms with van der Waals surface area (Å²) >= 11 is 1.21. The zero-order chi connectivity index (χ0) is 26.1. The second-order valence-corrected chi connectivity index (χ2v) is 9.30. The van der Waals surface area contributed by atoms with Crippen molar-refractivity contribution in [2.75, 3.05) is 7.11 Å². The Hall–Kier alpha value is -4.50. The van der Waals surface area contributed by atoms with Gasteiger partial charge in [0, 0.05) is 11.6 Å². The van der Waals surface area contributed by atoms with Crippen LogP contribution in [-0.4, -0.2) is 28.7 Å². The molecule has 1 atom stereocenters. The number of aromatic carboxylic acids is 1. The van der Waals surface area contributed by atoms with Crippen LogP contribution in [0.25, 0.3) is 17.4 Å². The Bertz CT molecular complexity index is 1730. The molecule has 2 aromatic carbocycles. The van der Waals surface area contributed by atoms with E-state index in [2.05, 4.69) is 4.99 Å². The number of carbonyl (C=O) groups is 2. The summed E-state index contributed by atoms with van der Waals surface area (Å²) in [5.41, 5.74) is 2.15. The maximum absolute atomic E-state index is 13.7. The maximum atomic E-state index is 13.7. The van der Waals surface area contributed by atoms with Gasteiger partial charge in [-0.1, -0.05) is 60.7 Å². The van der Waals surface area contributed by atoms with Crippen molar-refractivity contribution < 1.29 is 23.8 Å². The molecule has 0 spiro atoms. The number of carbonyl (C=O) groups excluding carboxylic acids is 1. The SMILES string of the molecule is CCC1=C(C(=O)OC)[C@@H](c2ccccc2)n2c(s/c(=C/c3ccc(-c4cccc(C(=O)O)c4)o3)c2=O)=N1. The number of allylic oxidation sites excluding steroid dienone is 1. The van der Waals surface area contributed by atoms with Crippen molar-refractivity contribution in [3.63, 3.8) is 0 Å². The molecule has 0 aliphatic carbocycles. The van der Waals surface area contributed by atoms with E-state index in [-0.39, 0.29) is 11.1 Å². The summed E-state index contributed by atoms with van der Waals surface area (Å²) in [7, 11) is 1.32. The second-order valence-electron chi connectivity index (χ2n) is 8.29. The first-order chi connectivity index (χ1) is 17.9. The Kier molecular flexibility index (Phi) is 6.45. The molecule has 4 aromatic rings.